The van der Waals surface area contributed by atoms with Crippen LogP contribution in [0.3, 0.4) is 0 Å². The normalized spacial score (nSPS) is 12.7. The number of carbonyl (C=O) groups is 3. The number of hydrogen-bond acceptors (Lipinski definition) is 9. The summed E-state index contributed by atoms with van der Waals surface area (Å²) in [6.07, 6.45) is -3.65. The van der Waals surface area contributed by atoms with Gasteiger partial charge < -0.3 is 9.47 Å². The molecule has 34 heavy (non-hydrogen) atoms. The van der Waals surface area contributed by atoms with Gasteiger partial charge in [0.1, 0.15) is 0 Å². The van der Waals surface area contributed by atoms with Crippen LogP contribution in [0.25, 0.3) is 0 Å². The van der Waals surface area contributed by atoms with E-state index >= 15 is 0 Å². The number of ether oxygens (including phenoxy) is 2. The molecule has 0 aliphatic carbocycles. The highest BCUT2D eigenvalue weighted by Crippen LogP contribution is 2.16. The maximum atomic E-state index is 12.3. The van der Waals surface area contributed by atoms with E-state index in [1.54, 1.807) is 64.1 Å². The zero-order valence-corrected chi connectivity index (χ0v) is 20.1. The average Bonchev–Trinajstić information content (AvgIpc) is 2.78. The standard InChI is InChI=1S/C25H30O9/c1-15(2)23(33-31-21(26)19-11-7-9-17(5)13-19)29-25(28)30-24(16(3)4)34-32-22(27)20-12-8-10-18(6)14-20/h7-16,23-24H,1-6H3. The van der Waals surface area contributed by atoms with Gasteiger partial charge in [0.2, 0.25) is 0 Å². The average molecular weight is 475 g/mol. The first-order chi connectivity index (χ1) is 16.1. The second-order valence-electron chi connectivity index (χ2n) is 8.38. The number of benzene rings is 2. The Hall–Kier alpha value is -3.43. The lowest BCUT2D eigenvalue weighted by molar-refractivity contribution is -0.357. The van der Waals surface area contributed by atoms with Crippen LogP contribution in [-0.2, 0) is 29.0 Å². The Balaban J connectivity index is 1.90. The number of hydrogen-bond donors (Lipinski definition) is 0. The van der Waals surface area contributed by atoms with E-state index in [0.29, 0.717) is 0 Å². The Kier molecular flexibility index (Phi) is 10.0. The van der Waals surface area contributed by atoms with Gasteiger partial charge in [-0.3, -0.25) is 9.78 Å². The van der Waals surface area contributed by atoms with Gasteiger partial charge in [-0.15, -0.1) is 9.78 Å². The molecule has 0 aliphatic heterocycles. The first kappa shape index (κ1) is 26.8. The molecule has 0 radical (unpaired) electrons. The van der Waals surface area contributed by atoms with Crippen molar-refractivity contribution in [2.24, 2.45) is 11.8 Å². The Morgan fingerprint density at radius 1 is 0.647 bits per heavy atom. The third-order valence-corrected chi connectivity index (χ3v) is 4.46. The summed E-state index contributed by atoms with van der Waals surface area (Å²) in [7, 11) is 0. The molecule has 9 heteroatoms. The molecule has 0 N–H and O–H groups in total. The number of carbonyl (C=O) groups excluding carboxylic acids is 3. The molecular weight excluding hydrogens is 444 g/mol. The molecule has 0 bridgehead atoms. The van der Waals surface area contributed by atoms with E-state index in [4.69, 9.17) is 29.0 Å². The van der Waals surface area contributed by atoms with Crippen molar-refractivity contribution in [2.45, 2.75) is 54.1 Å². The van der Waals surface area contributed by atoms with E-state index < -0.39 is 30.7 Å². The van der Waals surface area contributed by atoms with Crippen molar-refractivity contribution < 1.29 is 43.4 Å². The van der Waals surface area contributed by atoms with E-state index in [1.807, 2.05) is 26.0 Å². The van der Waals surface area contributed by atoms with Gasteiger partial charge >= 0.3 is 18.1 Å². The van der Waals surface area contributed by atoms with Gasteiger partial charge in [-0.1, -0.05) is 63.1 Å². The fourth-order valence-electron chi connectivity index (χ4n) is 2.57. The summed E-state index contributed by atoms with van der Waals surface area (Å²) in [5.41, 5.74) is 2.32. The second kappa shape index (κ2) is 12.7. The molecule has 2 rings (SSSR count). The molecule has 9 nitrogen and oxygen atoms in total. The van der Waals surface area contributed by atoms with Crippen molar-refractivity contribution in [1.29, 1.82) is 0 Å². The van der Waals surface area contributed by atoms with E-state index in [2.05, 4.69) is 0 Å². The first-order valence-corrected chi connectivity index (χ1v) is 10.8. The summed E-state index contributed by atoms with van der Waals surface area (Å²) < 4.78 is 10.3. The number of rotatable bonds is 10. The monoisotopic (exact) mass is 474 g/mol. The lowest BCUT2D eigenvalue weighted by Crippen LogP contribution is -2.33. The molecule has 0 heterocycles. The predicted molar refractivity (Wildman–Crippen MR) is 120 cm³/mol. The molecule has 2 aromatic rings. The van der Waals surface area contributed by atoms with Crippen LogP contribution in [0.2, 0.25) is 0 Å². The molecule has 0 spiro atoms. The van der Waals surface area contributed by atoms with Crippen LogP contribution in [0.5, 0.6) is 0 Å². The van der Waals surface area contributed by atoms with Gasteiger partial charge in [0, 0.05) is 11.8 Å². The van der Waals surface area contributed by atoms with Gasteiger partial charge in [0.05, 0.1) is 11.1 Å². The topological polar surface area (TPSA) is 107 Å². The highest BCUT2D eigenvalue weighted by Gasteiger charge is 2.28. The largest absolute Gasteiger partial charge is 0.513 e. The zero-order valence-electron chi connectivity index (χ0n) is 20.1. The van der Waals surface area contributed by atoms with Crippen molar-refractivity contribution in [3.8, 4) is 0 Å². The second-order valence-corrected chi connectivity index (χ2v) is 8.38. The van der Waals surface area contributed by atoms with E-state index in [1.165, 1.54) is 0 Å². The van der Waals surface area contributed by atoms with Crippen LogP contribution < -0.4 is 0 Å². The summed E-state index contributed by atoms with van der Waals surface area (Å²) in [5, 5.41) is 0. The van der Waals surface area contributed by atoms with Gasteiger partial charge in [-0.05, 0) is 38.1 Å². The number of aryl methyl sites for hydroxylation is 2. The summed E-state index contributed by atoms with van der Waals surface area (Å²) in [5.74, 6) is -2.23. The Morgan fingerprint density at radius 3 is 1.35 bits per heavy atom. The molecule has 0 aromatic heterocycles. The van der Waals surface area contributed by atoms with Crippen molar-refractivity contribution in [1.82, 2.24) is 0 Å². The van der Waals surface area contributed by atoms with Crippen LogP contribution in [0, 0.1) is 25.7 Å². The Bertz CT molecular complexity index is 906. The quantitative estimate of drug-likeness (QED) is 0.196. The molecular formula is C25H30O9. The van der Waals surface area contributed by atoms with Crippen LogP contribution in [-0.4, -0.2) is 30.7 Å². The third-order valence-electron chi connectivity index (χ3n) is 4.46. The van der Waals surface area contributed by atoms with Crippen LogP contribution >= 0.6 is 0 Å². The van der Waals surface area contributed by atoms with Gasteiger partial charge in [-0.25, -0.2) is 14.4 Å². The summed E-state index contributed by atoms with van der Waals surface area (Å²) in [6.45, 7) is 10.4. The molecule has 2 unspecified atom stereocenters. The minimum Gasteiger partial charge on any atom is -0.400 e. The lowest BCUT2D eigenvalue weighted by atomic mass is 10.1. The highest BCUT2D eigenvalue weighted by molar-refractivity contribution is 5.89. The third kappa shape index (κ3) is 8.49. The smallest absolute Gasteiger partial charge is 0.400 e. The molecule has 0 saturated carbocycles. The fourth-order valence-corrected chi connectivity index (χ4v) is 2.57. The summed E-state index contributed by atoms with van der Waals surface area (Å²) in [6, 6.07) is 13.5. The molecule has 0 aliphatic rings. The minimum absolute atomic E-state index is 0.286. The van der Waals surface area contributed by atoms with Crippen LogP contribution in [0.4, 0.5) is 4.79 Å². The maximum Gasteiger partial charge on any atom is 0.513 e. The van der Waals surface area contributed by atoms with Crippen LogP contribution in [0.1, 0.15) is 59.5 Å². The zero-order chi connectivity index (χ0) is 25.3. The predicted octanol–water partition coefficient (Wildman–Crippen LogP) is 5.30. The Morgan fingerprint density at radius 2 is 1.03 bits per heavy atom. The van der Waals surface area contributed by atoms with E-state index in [0.717, 1.165) is 11.1 Å². The first-order valence-electron chi connectivity index (χ1n) is 10.8. The highest BCUT2D eigenvalue weighted by atomic mass is 17.2. The van der Waals surface area contributed by atoms with Crippen molar-refractivity contribution in [2.75, 3.05) is 0 Å². The minimum atomic E-state index is -1.25. The Labute approximate surface area is 198 Å². The van der Waals surface area contributed by atoms with Crippen LogP contribution in [0.15, 0.2) is 48.5 Å². The fraction of sp³-hybridized carbons (Fsp3) is 0.400. The van der Waals surface area contributed by atoms with E-state index in [9.17, 15) is 14.4 Å². The van der Waals surface area contributed by atoms with Gasteiger partial charge in [-0.2, -0.15) is 0 Å². The molecule has 184 valence electrons. The SMILES string of the molecule is Cc1cccc(C(=O)OOC(OC(=O)OC(OOC(=O)c2cccc(C)c2)C(C)C)C(C)C)c1. The maximum absolute atomic E-state index is 12.3. The molecule has 0 fully saturated rings. The molecule has 0 saturated heterocycles. The van der Waals surface area contributed by atoms with Crippen molar-refractivity contribution in [3.63, 3.8) is 0 Å². The molecule has 2 atom stereocenters. The van der Waals surface area contributed by atoms with E-state index in [-0.39, 0.29) is 23.0 Å². The molecule has 0 amide bonds. The van der Waals surface area contributed by atoms with Crippen molar-refractivity contribution >= 4 is 18.1 Å². The van der Waals surface area contributed by atoms with Gasteiger partial charge in [0.15, 0.2) is 0 Å². The van der Waals surface area contributed by atoms with Gasteiger partial charge in [0.25, 0.3) is 12.6 Å². The van der Waals surface area contributed by atoms with Crippen molar-refractivity contribution in [3.05, 3.63) is 70.8 Å². The lowest BCUT2D eigenvalue weighted by Gasteiger charge is -2.23. The molecule has 2 aromatic carbocycles. The summed E-state index contributed by atoms with van der Waals surface area (Å²) >= 11 is 0. The summed E-state index contributed by atoms with van der Waals surface area (Å²) in [4.78, 5) is 56.4.